The van der Waals surface area contributed by atoms with Crippen LogP contribution in [0.15, 0.2) is 12.1 Å². The fourth-order valence-corrected chi connectivity index (χ4v) is 6.64. The van der Waals surface area contributed by atoms with Gasteiger partial charge >= 0.3 is 0 Å². The van der Waals surface area contributed by atoms with Gasteiger partial charge in [0.05, 0.1) is 0 Å². The minimum atomic E-state index is 0.922. The number of aromatic nitrogens is 4. The van der Waals surface area contributed by atoms with Crippen molar-refractivity contribution in [1.29, 1.82) is 0 Å². The zero-order chi connectivity index (χ0) is 25.3. The summed E-state index contributed by atoms with van der Waals surface area (Å²) in [7, 11) is 0. The summed E-state index contributed by atoms with van der Waals surface area (Å²) in [4.78, 5) is 34.8. The van der Waals surface area contributed by atoms with Gasteiger partial charge in [-0.05, 0) is 51.4 Å². The van der Waals surface area contributed by atoms with Crippen molar-refractivity contribution in [3.63, 3.8) is 0 Å². The maximum absolute atomic E-state index is 5.10. The molecule has 10 nitrogen and oxygen atoms in total. The second-order valence-electron chi connectivity index (χ2n) is 11.5. The molecule has 0 aromatic carbocycles. The standard InChI is InChI=1S/C28H42N10/c1-2-10-33(9-1)23-21-25(31-27(29-23)37-13-5-6-14-37)35-17-19-36(20-18-35)26-22-24(34-11-3-4-12-34)30-28(32-26)38-15-7-8-16-38/h21-22H,1-20H2. The number of hydrogen-bond acceptors (Lipinski definition) is 10. The van der Waals surface area contributed by atoms with Gasteiger partial charge in [0.2, 0.25) is 11.9 Å². The Balaban J connectivity index is 1.11. The summed E-state index contributed by atoms with van der Waals surface area (Å²) in [5.41, 5.74) is 0. The Hall–Kier alpha value is -3.04. The highest BCUT2D eigenvalue weighted by atomic mass is 15.4. The molecule has 204 valence electrons. The Morgan fingerprint density at radius 1 is 0.316 bits per heavy atom. The molecule has 7 heterocycles. The van der Waals surface area contributed by atoms with Crippen LogP contribution in [0, 0.1) is 0 Å². The molecule has 7 rings (SSSR count). The van der Waals surface area contributed by atoms with E-state index in [2.05, 4.69) is 41.5 Å². The molecule has 0 saturated carbocycles. The summed E-state index contributed by atoms with van der Waals surface area (Å²) in [5.74, 6) is 6.23. The van der Waals surface area contributed by atoms with Crippen LogP contribution in [-0.2, 0) is 0 Å². The van der Waals surface area contributed by atoms with Crippen LogP contribution in [0.25, 0.3) is 0 Å². The zero-order valence-electron chi connectivity index (χ0n) is 22.8. The Labute approximate surface area is 226 Å². The third kappa shape index (κ3) is 4.89. The Morgan fingerprint density at radius 3 is 0.842 bits per heavy atom. The van der Waals surface area contributed by atoms with Crippen LogP contribution in [0.4, 0.5) is 35.2 Å². The molecule has 0 radical (unpaired) electrons. The number of anilines is 6. The van der Waals surface area contributed by atoms with E-state index in [9.17, 15) is 0 Å². The highest BCUT2D eigenvalue weighted by molar-refractivity contribution is 5.59. The quantitative estimate of drug-likeness (QED) is 0.570. The van der Waals surface area contributed by atoms with Crippen molar-refractivity contribution in [1.82, 2.24) is 19.9 Å². The molecule has 0 unspecified atom stereocenters. The second kappa shape index (κ2) is 10.6. The average molecular weight is 519 g/mol. The van der Waals surface area contributed by atoms with E-state index in [1.54, 1.807) is 0 Å². The SMILES string of the molecule is c1c(N2CCCC2)nc(N2CCCC2)nc1N1CCN(c2cc(N3CCCC3)nc(N3CCCC3)n2)CC1. The Kier molecular flexibility index (Phi) is 6.71. The van der Waals surface area contributed by atoms with Crippen molar-refractivity contribution in [2.75, 3.05) is 108 Å². The van der Waals surface area contributed by atoms with Gasteiger partial charge in [-0.2, -0.15) is 19.9 Å². The van der Waals surface area contributed by atoms with Crippen molar-refractivity contribution in [3.05, 3.63) is 12.1 Å². The first-order valence-electron chi connectivity index (χ1n) is 15.1. The third-order valence-electron chi connectivity index (χ3n) is 8.94. The maximum atomic E-state index is 5.10. The summed E-state index contributed by atoms with van der Waals surface area (Å²) in [6.07, 6.45) is 9.99. The van der Waals surface area contributed by atoms with E-state index in [-0.39, 0.29) is 0 Å². The number of piperazine rings is 1. The van der Waals surface area contributed by atoms with Crippen LogP contribution >= 0.6 is 0 Å². The fraction of sp³-hybridized carbons (Fsp3) is 0.714. The number of hydrogen-bond donors (Lipinski definition) is 0. The predicted molar refractivity (Wildman–Crippen MR) is 154 cm³/mol. The van der Waals surface area contributed by atoms with E-state index in [4.69, 9.17) is 19.9 Å². The first-order valence-corrected chi connectivity index (χ1v) is 15.1. The van der Waals surface area contributed by atoms with Gasteiger partial charge in [0.25, 0.3) is 0 Å². The number of rotatable bonds is 6. The van der Waals surface area contributed by atoms with E-state index >= 15 is 0 Å². The maximum Gasteiger partial charge on any atom is 0.229 e. The van der Waals surface area contributed by atoms with Gasteiger partial charge in [-0.3, -0.25) is 0 Å². The molecule has 5 saturated heterocycles. The molecular formula is C28H42N10. The second-order valence-corrected chi connectivity index (χ2v) is 11.5. The van der Waals surface area contributed by atoms with E-state index < -0.39 is 0 Å². The molecule has 2 aromatic heterocycles. The van der Waals surface area contributed by atoms with E-state index in [1.165, 1.54) is 51.4 Å². The topological polar surface area (TPSA) is 71.0 Å². The van der Waals surface area contributed by atoms with Crippen LogP contribution in [0.1, 0.15) is 51.4 Å². The van der Waals surface area contributed by atoms with E-state index in [0.717, 1.165) is 114 Å². The van der Waals surface area contributed by atoms with Crippen molar-refractivity contribution in [2.24, 2.45) is 0 Å². The van der Waals surface area contributed by atoms with Gasteiger partial charge < -0.3 is 29.4 Å². The summed E-state index contributed by atoms with van der Waals surface area (Å²) in [6, 6.07) is 4.48. The molecule has 0 spiro atoms. The lowest BCUT2D eigenvalue weighted by Crippen LogP contribution is -2.47. The molecule has 0 bridgehead atoms. The lowest BCUT2D eigenvalue weighted by atomic mass is 10.3. The first kappa shape index (κ1) is 24.0. The van der Waals surface area contributed by atoms with Gasteiger partial charge in [0, 0.05) is 90.7 Å². The van der Waals surface area contributed by atoms with E-state index in [1.807, 2.05) is 0 Å². The highest BCUT2D eigenvalue weighted by Gasteiger charge is 2.27. The molecule has 5 aliphatic heterocycles. The minimum absolute atomic E-state index is 0.922. The molecular weight excluding hydrogens is 476 g/mol. The van der Waals surface area contributed by atoms with Gasteiger partial charge in [-0.25, -0.2) is 0 Å². The summed E-state index contributed by atoms with van der Waals surface area (Å²) in [6.45, 7) is 12.5. The van der Waals surface area contributed by atoms with Gasteiger partial charge in [0.15, 0.2) is 0 Å². The molecule has 10 heteroatoms. The minimum Gasteiger partial charge on any atom is -0.356 e. The molecule has 5 fully saturated rings. The predicted octanol–water partition coefficient (Wildman–Crippen LogP) is 2.99. The molecule has 0 N–H and O–H groups in total. The molecule has 2 aromatic rings. The van der Waals surface area contributed by atoms with Crippen molar-refractivity contribution in [3.8, 4) is 0 Å². The van der Waals surface area contributed by atoms with Crippen molar-refractivity contribution < 1.29 is 0 Å². The smallest absolute Gasteiger partial charge is 0.229 e. The molecule has 5 aliphatic rings. The molecule has 0 aliphatic carbocycles. The Morgan fingerprint density at radius 2 is 0.553 bits per heavy atom. The Bertz CT molecular complexity index is 937. The highest BCUT2D eigenvalue weighted by Crippen LogP contribution is 2.30. The molecule has 38 heavy (non-hydrogen) atoms. The van der Waals surface area contributed by atoms with Gasteiger partial charge in [0.1, 0.15) is 23.3 Å². The number of nitrogens with zero attached hydrogens (tertiary/aromatic N) is 10. The zero-order valence-corrected chi connectivity index (χ0v) is 22.8. The first-order chi connectivity index (χ1) is 18.8. The van der Waals surface area contributed by atoms with Crippen LogP contribution in [0.2, 0.25) is 0 Å². The summed E-state index contributed by atoms with van der Waals surface area (Å²) < 4.78 is 0. The van der Waals surface area contributed by atoms with Crippen LogP contribution in [0.3, 0.4) is 0 Å². The van der Waals surface area contributed by atoms with Crippen molar-refractivity contribution in [2.45, 2.75) is 51.4 Å². The van der Waals surface area contributed by atoms with Crippen molar-refractivity contribution >= 4 is 35.2 Å². The largest absolute Gasteiger partial charge is 0.356 e. The normalized spacial score (nSPS) is 22.4. The van der Waals surface area contributed by atoms with Crippen LogP contribution in [-0.4, -0.2) is 98.5 Å². The molecule has 0 atom stereocenters. The van der Waals surface area contributed by atoms with Gasteiger partial charge in [-0.15, -0.1) is 0 Å². The van der Waals surface area contributed by atoms with Gasteiger partial charge in [-0.1, -0.05) is 0 Å². The lowest BCUT2D eigenvalue weighted by molar-refractivity contribution is 0.639. The average Bonchev–Trinajstić information content (AvgIpc) is 3.81. The fourth-order valence-electron chi connectivity index (χ4n) is 6.64. The lowest BCUT2D eigenvalue weighted by Gasteiger charge is -2.37. The summed E-state index contributed by atoms with van der Waals surface area (Å²) >= 11 is 0. The molecule has 0 amide bonds. The summed E-state index contributed by atoms with van der Waals surface area (Å²) in [5, 5.41) is 0. The monoisotopic (exact) mass is 518 g/mol. The van der Waals surface area contributed by atoms with E-state index in [0.29, 0.717) is 0 Å². The van der Waals surface area contributed by atoms with Crippen LogP contribution in [0.5, 0.6) is 0 Å². The third-order valence-corrected chi connectivity index (χ3v) is 8.94. The van der Waals surface area contributed by atoms with Crippen LogP contribution < -0.4 is 29.4 Å².